The average Bonchev–Trinajstić information content (AvgIpc) is 2.31. The smallest absolute Gasteiger partial charge is 0.0635 e. The fourth-order valence-corrected chi connectivity index (χ4v) is 1.83. The molecule has 0 heterocycles. The van der Waals surface area contributed by atoms with Gasteiger partial charge < -0.3 is 15.8 Å². The quantitative estimate of drug-likeness (QED) is 0.749. The minimum atomic E-state index is 0.230. The van der Waals surface area contributed by atoms with Gasteiger partial charge in [0, 0.05) is 26.8 Å². The van der Waals surface area contributed by atoms with Crippen molar-refractivity contribution >= 4 is 17.3 Å². The zero-order valence-electron chi connectivity index (χ0n) is 11.4. The Balaban J connectivity index is 2.39. The predicted octanol–water partition coefficient (Wildman–Crippen LogP) is 3.07. The van der Waals surface area contributed by atoms with Crippen molar-refractivity contribution in [3.05, 3.63) is 28.8 Å². The van der Waals surface area contributed by atoms with Crippen LogP contribution in [-0.2, 0) is 11.3 Å². The van der Waals surface area contributed by atoms with Gasteiger partial charge in [0.25, 0.3) is 0 Å². The molecule has 4 heteroatoms. The highest BCUT2D eigenvalue weighted by Crippen LogP contribution is 2.21. The van der Waals surface area contributed by atoms with Gasteiger partial charge in [-0.25, -0.2) is 0 Å². The lowest BCUT2D eigenvalue weighted by Gasteiger charge is -2.24. The van der Waals surface area contributed by atoms with E-state index in [1.807, 2.05) is 18.2 Å². The Morgan fingerprint density at radius 1 is 1.39 bits per heavy atom. The predicted molar refractivity (Wildman–Crippen MR) is 77.8 cm³/mol. The first kappa shape index (κ1) is 15.3. The van der Waals surface area contributed by atoms with E-state index in [4.69, 9.17) is 22.1 Å². The Hall–Kier alpha value is -0.770. The molecule has 0 saturated heterocycles. The number of ether oxygens (including phenoxy) is 1. The van der Waals surface area contributed by atoms with Gasteiger partial charge in [0.2, 0.25) is 0 Å². The number of anilines is 1. The maximum Gasteiger partial charge on any atom is 0.0635 e. The average molecular weight is 271 g/mol. The molecule has 102 valence electrons. The van der Waals surface area contributed by atoms with Crippen LogP contribution in [0.5, 0.6) is 0 Å². The Labute approximate surface area is 115 Å². The SMILES string of the molecule is COCCC(C)(C)CNCc1ccc(Cl)c(N)c1. The summed E-state index contributed by atoms with van der Waals surface area (Å²) in [7, 11) is 1.74. The lowest BCUT2D eigenvalue weighted by molar-refractivity contribution is 0.150. The molecule has 0 saturated carbocycles. The van der Waals surface area contributed by atoms with Crippen LogP contribution in [0.15, 0.2) is 18.2 Å². The summed E-state index contributed by atoms with van der Waals surface area (Å²) >= 11 is 5.89. The van der Waals surface area contributed by atoms with Crippen LogP contribution in [0.1, 0.15) is 25.8 Å². The van der Waals surface area contributed by atoms with E-state index in [2.05, 4.69) is 19.2 Å². The molecule has 3 nitrogen and oxygen atoms in total. The maximum atomic E-state index is 5.89. The number of nitrogens with one attached hydrogen (secondary N) is 1. The van der Waals surface area contributed by atoms with Crippen LogP contribution < -0.4 is 11.1 Å². The molecule has 0 atom stereocenters. The molecule has 1 aromatic rings. The van der Waals surface area contributed by atoms with Crippen molar-refractivity contribution in [2.24, 2.45) is 5.41 Å². The van der Waals surface area contributed by atoms with Crippen molar-refractivity contribution in [3.63, 3.8) is 0 Å². The Morgan fingerprint density at radius 3 is 2.72 bits per heavy atom. The molecule has 0 spiro atoms. The number of benzene rings is 1. The standard InChI is InChI=1S/C14H23ClN2O/c1-14(2,6-7-18-3)10-17-9-11-4-5-12(15)13(16)8-11/h4-5,8,17H,6-7,9-10,16H2,1-3H3. The van der Waals surface area contributed by atoms with Crippen LogP contribution in [0.4, 0.5) is 5.69 Å². The topological polar surface area (TPSA) is 47.3 Å². The molecule has 0 amide bonds. The molecule has 0 aliphatic carbocycles. The maximum absolute atomic E-state index is 5.89. The molecule has 0 fully saturated rings. The number of halogens is 1. The van der Waals surface area contributed by atoms with Gasteiger partial charge in [-0.05, 0) is 29.5 Å². The number of nitrogens with two attached hydrogens (primary N) is 1. The zero-order valence-corrected chi connectivity index (χ0v) is 12.2. The summed E-state index contributed by atoms with van der Waals surface area (Å²) in [6.45, 7) is 7.00. The van der Waals surface area contributed by atoms with Crippen LogP contribution in [0.25, 0.3) is 0 Å². The molecule has 1 rings (SSSR count). The number of hydrogen-bond acceptors (Lipinski definition) is 3. The summed E-state index contributed by atoms with van der Waals surface area (Å²) in [4.78, 5) is 0. The number of methoxy groups -OCH3 is 1. The van der Waals surface area contributed by atoms with E-state index in [-0.39, 0.29) is 5.41 Å². The van der Waals surface area contributed by atoms with Gasteiger partial charge in [-0.2, -0.15) is 0 Å². The molecule has 0 aromatic heterocycles. The molecule has 1 aromatic carbocycles. The van der Waals surface area contributed by atoms with Crippen LogP contribution in [0.3, 0.4) is 0 Å². The summed E-state index contributed by atoms with van der Waals surface area (Å²) in [5.41, 5.74) is 7.78. The number of rotatable bonds is 7. The first-order valence-electron chi connectivity index (χ1n) is 6.18. The van der Waals surface area contributed by atoms with E-state index < -0.39 is 0 Å². The second-order valence-corrected chi connectivity index (χ2v) is 5.77. The third-order valence-corrected chi connectivity index (χ3v) is 3.32. The lowest BCUT2D eigenvalue weighted by atomic mass is 9.89. The zero-order chi connectivity index (χ0) is 13.6. The van der Waals surface area contributed by atoms with E-state index in [1.54, 1.807) is 7.11 Å². The van der Waals surface area contributed by atoms with Gasteiger partial charge in [-0.1, -0.05) is 31.5 Å². The van der Waals surface area contributed by atoms with Gasteiger partial charge in [0.05, 0.1) is 10.7 Å². The normalized spacial score (nSPS) is 11.8. The van der Waals surface area contributed by atoms with Crippen molar-refractivity contribution in [3.8, 4) is 0 Å². The monoisotopic (exact) mass is 270 g/mol. The molecule has 0 aliphatic heterocycles. The molecular formula is C14H23ClN2O. The van der Waals surface area contributed by atoms with Gasteiger partial charge in [0.1, 0.15) is 0 Å². The van der Waals surface area contributed by atoms with Gasteiger partial charge >= 0.3 is 0 Å². The fraction of sp³-hybridized carbons (Fsp3) is 0.571. The third-order valence-electron chi connectivity index (χ3n) is 2.98. The largest absolute Gasteiger partial charge is 0.398 e. The van der Waals surface area contributed by atoms with Gasteiger partial charge in [0.15, 0.2) is 0 Å². The van der Waals surface area contributed by atoms with Crippen LogP contribution >= 0.6 is 11.6 Å². The van der Waals surface area contributed by atoms with E-state index >= 15 is 0 Å². The van der Waals surface area contributed by atoms with Crippen molar-refractivity contribution in [1.29, 1.82) is 0 Å². The molecule has 0 radical (unpaired) electrons. The number of hydrogen-bond donors (Lipinski definition) is 2. The molecule has 0 aliphatic rings. The Bertz CT molecular complexity index is 380. The third kappa shape index (κ3) is 5.25. The molecule has 3 N–H and O–H groups in total. The lowest BCUT2D eigenvalue weighted by Crippen LogP contribution is -2.30. The summed E-state index contributed by atoms with van der Waals surface area (Å²) < 4.78 is 5.11. The number of nitrogen functional groups attached to an aromatic ring is 1. The minimum absolute atomic E-state index is 0.230. The summed E-state index contributed by atoms with van der Waals surface area (Å²) in [6.07, 6.45) is 1.04. The van der Waals surface area contributed by atoms with E-state index in [0.717, 1.165) is 31.7 Å². The van der Waals surface area contributed by atoms with Gasteiger partial charge in [-0.15, -0.1) is 0 Å². The molecule has 18 heavy (non-hydrogen) atoms. The molecule has 0 bridgehead atoms. The van der Waals surface area contributed by atoms with Crippen molar-refractivity contribution in [2.45, 2.75) is 26.8 Å². The van der Waals surface area contributed by atoms with Crippen molar-refractivity contribution < 1.29 is 4.74 Å². The highest BCUT2D eigenvalue weighted by atomic mass is 35.5. The highest BCUT2D eigenvalue weighted by Gasteiger charge is 2.16. The second-order valence-electron chi connectivity index (χ2n) is 5.37. The Morgan fingerprint density at radius 2 is 2.11 bits per heavy atom. The fourth-order valence-electron chi connectivity index (χ4n) is 1.72. The summed E-state index contributed by atoms with van der Waals surface area (Å²) in [5, 5.41) is 4.05. The first-order valence-corrected chi connectivity index (χ1v) is 6.56. The van der Waals surface area contributed by atoms with Crippen LogP contribution in [0.2, 0.25) is 5.02 Å². The second kappa shape index (κ2) is 6.98. The summed E-state index contributed by atoms with van der Waals surface area (Å²) in [5.74, 6) is 0. The van der Waals surface area contributed by atoms with Gasteiger partial charge in [-0.3, -0.25) is 0 Å². The first-order chi connectivity index (χ1) is 8.44. The molecule has 0 unspecified atom stereocenters. The van der Waals surface area contributed by atoms with Crippen molar-refractivity contribution in [2.75, 3.05) is 26.0 Å². The summed E-state index contributed by atoms with van der Waals surface area (Å²) in [6, 6.07) is 5.75. The van der Waals surface area contributed by atoms with E-state index in [0.29, 0.717) is 10.7 Å². The van der Waals surface area contributed by atoms with Crippen molar-refractivity contribution in [1.82, 2.24) is 5.32 Å². The minimum Gasteiger partial charge on any atom is -0.398 e. The highest BCUT2D eigenvalue weighted by molar-refractivity contribution is 6.33. The molecular weight excluding hydrogens is 248 g/mol. The Kier molecular flexibility index (Phi) is 5.93. The van der Waals surface area contributed by atoms with E-state index in [1.165, 1.54) is 0 Å². The van der Waals surface area contributed by atoms with Crippen LogP contribution in [0, 0.1) is 5.41 Å². The van der Waals surface area contributed by atoms with E-state index in [9.17, 15) is 0 Å². The van der Waals surface area contributed by atoms with Crippen LogP contribution in [-0.4, -0.2) is 20.3 Å².